The van der Waals surface area contributed by atoms with Crippen molar-refractivity contribution < 1.29 is 18.0 Å². The van der Waals surface area contributed by atoms with E-state index in [-0.39, 0.29) is 41.7 Å². The van der Waals surface area contributed by atoms with Gasteiger partial charge in [0.25, 0.3) is 0 Å². The largest absolute Gasteiger partial charge is 0.339 e. The van der Waals surface area contributed by atoms with Gasteiger partial charge in [-0.25, -0.2) is 8.42 Å². The number of nitrogens with zero attached hydrogens (tertiary/aromatic N) is 3. The average Bonchev–Trinajstić information content (AvgIpc) is 2.69. The standard InChI is InChI=1S/C18H26N4O4S.ClH/c1-20(27(25,26)16-7-3-2-4-8-16)14-18(24)21-10-5-6-15(13-21)22-11-9-19-12-17(22)23;/h2-4,7-8,15,19H,5-6,9-14H2,1H3;1H. The molecule has 8 nitrogen and oxygen atoms in total. The van der Waals surface area contributed by atoms with Crippen molar-refractivity contribution in [2.24, 2.45) is 0 Å². The Kier molecular flexibility index (Phi) is 7.82. The molecule has 0 aliphatic carbocycles. The van der Waals surface area contributed by atoms with Crippen molar-refractivity contribution in [3.05, 3.63) is 30.3 Å². The van der Waals surface area contributed by atoms with Crippen LogP contribution in [0.15, 0.2) is 35.2 Å². The van der Waals surface area contributed by atoms with E-state index >= 15 is 0 Å². The number of carbonyl (C=O) groups excluding carboxylic acids is 2. The maximum atomic E-state index is 12.7. The van der Waals surface area contributed by atoms with Gasteiger partial charge in [-0.2, -0.15) is 4.31 Å². The molecule has 2 fully saturated rings. The van der Waals surface area contributed by atoms with Gasteiger partial charge in [-0.3, -0.25) is 9.59 Å². The summed E-state index contributed by atoms with van der Waals surface area (Å²) in [6.45, 7) is 2.59. The summed E-state index contributed by atoms with van der Waals surface area (Å²) in [6, 6.07) is 8.10. The van der Waals surface area contributed by atoms with Crippen molar-refractivity contribution in [3.8, 4) is 0 Å². The summed E-state index contributed by atoms with van der Waals surface area (Å²) >= 11 is 0. The van der Waals surface area contributed by atoms with Crippen molar-refractivity contribution in [3.63, 3.8) is 0 Å². The van der Waals surface area contributed by atoms with E-state index in [4.69, 9.17) is 0 Å². The monoisotopic (exact) mass is 430 g/mol. The highest BCUT2D eigenvalue weighted by atomic mass is 35.5. The summed E-state index contributed by atoms with van der Waals surface area (Å²) < 4.78 is 26.3. The van der Waals surface area contributed by atoms with E-state index in [0.29, 0.717) is 26.2 Å². The third-order valence-electron chi connectivity index (χ3n) is 5.13. The first kappa shape index (κ1) is 22.6. The summed E-state index contributed by atoms with van der Waals surface area (Å²) in [7, 11) is -2.28. The molecule has 2 aliphatic rings. The van der Waals surface area contributed by atoms with Crippen molar-refractivity contribution in [2.75, 3.05) is 46.3 Å². The lowest BCUT2D eigenvalue weighted by Gasteiger charge is -2.41. The predicted molar refractivity (Wildman–Crippen MR) is 108 cm³/mol. The Bertz CT molecular complexity index is 790. The number of hydrogen-bond acceptors (Lipinski definition) is 5. The highest BCUT2D eigenvalue weighted by molar-refractivity contribution is 7.89. The van der Waals surface area contributed by atoms with Gasteiger partial charge in [0.05, 0.1) is 18.0 Å². The van der Waals surface area contributed by atoms with Crippen LogP contribution in [0.3, 0.4) is 0 Å². The van der Waals surface area contributed by atoms with Crippen LogP contribution in [0.2, 0.25) is 0 Å². The van der Waals surface area contributed by atoms with Crippen LogP contribution >= 0.6 is 12.4 Å². The number of hydrogen-bond donors (Lipinski definition) is 1. The molecule has 1 aromatic rings. The van der Waals surface area contributed by atoms with Gasteiger partial charge in [0.2, 0.25) is 21.8 Å². The maximum absolute atomic E-state index is 12.7. The molecular weight excluding hydrogens is 404 g/mol. The smallest absolute Gasteiger partial charge is 0.243 e. The molecule has 1 N–H and O–H groups in total. The van der Waals surface area contributed by atoms with Gasteiger partial charge >= 0.3 is 0 Å². The highest BCUT2D eigenvalue weighted by Crippen LogP contribution is 2.18. The molecule has 3 rings (SSSR count). The van der Waals surface area contributed by atoms with Crippen LogP contribution in [0.1, 0.15) is 12.8 Å². The van der Waals surface area contributed by atoms with E-state index in [0.717, 1.165) is 23.7 Å². The van der Waals surface area contributed by atoms with Gasteiger partial charge in [-0.1, -0.05) is 18.2 Å². The Balaban J connectivity index is 0.00000280. The Morgan fingerprint density at radius 2 is 1.96 bits per heavy atom. The molecule has 0 radical (unpaired) electrons. The molecule has 2 heterocycles. The van der Waals surface area contributed by atoms with Crippen molar-refractivity contribution in [1.29, 1.82) is 0 Å². The number of carbonyl (C=O) groups is 2. The number of piperidine rings is 1. The molecule has 1 unspecified atom stereocenters. The molecule has 0 saturated carbocycles. The van der Waals surface area contributed by atoms with E-state index in [1.807, 2.05) is 4.90 Å². The lowest BCUT2D eigenvalue weighted by Crippen LogP contribution is -2.58. The number of nitrogens with one attached hydrogen (secondary N) is 1. The molecular formula is C18H27ClN4O4S. The quantitative estimate of drug-likeness (QED) is 0.718. The molecule has 0 bridgehead atoms. The fraction of sp³-hybridized carbons (Fsp3) is 0.556. The molecule has 0 aromatic heterocycles. The Labute approximate surface area is 172 Å². The molecule has 28 heavy (non-hydrogen) atoms. The van der Waals surface area contributed by atoms with Crippen molar-refractivity contribution in [2.45, 2.75) is 23.8 Å². The first-order chi connectivity index (χ1) is 12.9. The predicted octanol–water partition coefficient (Wildman–Crippen LogP) is 0.152. The topological polar surface area (TPSA) is 90.0 Å². The van der Waals surface area contributed by atoms with E-state index in [2.05, 4.69) is 5.32 Å². The number of benzene rings is 1. The molecule has 1 atom stereocenters. The van der Waals surface area contributed by atoms with Crippen molar-refractivity contribution in [1.82, 2.24) is 19.4 Å². The number of sulfonamides is 1. The van der Waals surface area contributed by atoms with Crippen LogP contribution in [-0.2, 0) is 19.6 Å². The number of halogens is 1. The van der Waals surface area contributed by atoms with E-state index < -0.39 is 10.0 Å². The number of rotatable bonds is 5. The van der Waals surface area contributed by atoms with Crippen LogP contribution in [0.5, 0.6) is 0 Å². The zero-order chi connectivity index (χ0) is 19.4. The minimum atomic E-state index is -3.70. The van der Waals surface area contributed by atoms with Gasteiger partial charge in [0, 0.05) is 39.3 Å². The van der Waals surface area contributed by atoms with Gasteiger partial charge < -0.3 is 15.1 Å². The molecule has 0 spiro atoms. The zero-order valence-corrected chi connectivity index (χ0v) is 17.5. The summed E-state index contributed by atoms with van der Waals surface area (Å²) in [6.07, 6.45) is 1.68. The highest BCUT2D eigenvalue weighted by Gasteiger charge is 2.33. The number of likely N-dealkylation sites (N-methyl/N-ethyl adjacent to an activating group) is 1. The lowest BCUT2D eigenvalue weighted by atomic mass is 10.0. The SMILES string of the molecule is CN(CC(=O)N1CCCC(N2CCNCC2=O)C1)S(=O)(=O)c1ccccc1.Cl. The molecule has 2 saturated heterocycles. The molecule has 2 aliphatic heterocycles. The van der Waals surface area contributed by atoms with Crippen LogP contribution in [0.4, 0.5) is 0 Å². The van der Waals surface area contributed by atoms with Crippen LogP contribution in [0.25, 0.3) is 0 Å². The zero-order valence-electron chi connectivity index (χ0n) is 15.9. The van der Waals surface area contributed by atoms with E-state index in [9.17, 15) is 18.0 Å². The summed E-state index contributed by atoms with van der Waals surface area (Å²) in [4.78, 5) is 28.5. The third-order valence-corrected chi connectivity index (χ3v) is 6.94. The average molecular weight is 431 g/mol. The van der Waals surface area contributed by atoms with Crippen LogP contribution in [-0.4, -0.2) is 86.7 Å². The van der Waals surface area contributed by atoms with Gasteiger partial charge in [0.1, 0.15) is 0 Å². The lowest BCUT2D eigenvalue weighted by molar-refractivity contribution is -0.140. The maximum Gasteiger partial charge on any atom is 0.243 e. The van der Waals surface area contributed by atoms with E-state index in [1.54, 1.807) is 23.1 Å². The van der Waals surface area contributed by atoms with Gasteiger partial charge in [-0.15, -0.1) is 12.4 Å². The Hall–Kier alpha value is -1.68. The second kappa shape index (κ2) is 9.69. The molecule has 2 amide bonds. The van der Waals surface area contributed by atoms with Crippen LogP contribution < -0.4 is 5.32 Å². The molecule has 10 heteroatoms. The first-order valence-corrected chi connectivity index (χ1v) is 10.6. The minimum Gasteiger partial charge on any atom is -0.339 e. The number of likely N-dealkylation sites (tertiary alicyclic amines) is 1. The van der Waals surface area contributed by atoms with E-state index in [1.165, 1.54) is 19.2 Å². The number of piperazine rings is 1. The third kappa shape index (κ3) is 5.02. The Morgan fingerprint density at radius 1 is 1.25 bits per heavy atom. The molecule has 156 valence electrons. The Morgan fingerprint density at radius 3 is 2.64 bits per heavy atom. The second-order valence-electron chi connectivity index (χ2n) is 6.97. The minimum absolute atomic E-state index is 0. The normalized spacial score (nSPS) is 20.8. The van der Waals surface area contributed by atoms with Crippen LogP contribution in [0, 0.1) is 0 Å². The fourth-order valence-corrected chi connectivity index (χ4v) is 4.73. The number of amides is 2. The van der Waals surface area contributed by atoms with Gasteiger partial charge in [-0.05, 0) is 25.0 Å². The van der Waals surface area contributed by atoms with Gasteiger partial charge in [0.15, 0.2) is 0 Å². The first-order valence-electron chi connectivity index (χ1n) is 9.19. The van der Waals surface area contributed by atoms with Crippen molar-refractivity contribution >= 4 is 34.2 Å². The summed E-state index contributed by atoms with van der Waals surface area (Å²) in [5.41, 5.74) is 0. The second-order valence-corrected chi connectivity index (χ2v) is 9.02. The fourth-order valence-electron chi connectivity index (χ4n) is 3.59. The summed E-state index contributed by atoms with van der Waals surface area (Å²) in [5.74, 6) is -0.173. The molecule has 1 aromatic carbocycles. The summed E-state index contributed by atoms with van der Waals surface area (Å²) in [5, 5.41) is 3.05.